The molecule has 1 heterocycles. The van der Waals surface area contributed by atoms with Crippen molar-refractivity contribution in [3.05, 3.63) is 29.8 Å². The number of para-hydroxylation sites is 1. The van der Waals surface area contributed by atoms with E-state index >= 15 is 0 Å². The van der Waals surface area contributed by atoms with E-state index in [2.05, 4.69) is 21.3 Å². The number of amides is 1. The molecule has 7 nitrogen and oxygen atoms in total. The van der Waals surface area contributed by atoms with Crippen molar-refractivity contribution in [2.45, 2.75) is 64.6 Å². The largest absolute Gasteiger partial charge is 0.496 e. The van der Waals surface area contributed by atoms with Crippen LogP contribution in [0.3, 0.4) is 0 Å². The fourth-order valence-corrected chi connectivity index (χ4v) is 4.02. The third-order valence-electron chi connectivity index (χ3n) is 5.83. The van der Waals surface area contributed by atoms with Crippen LogP contribution < -0.4 is 10.1 Å². The summed E-state index contributed by atoms with van der Waals surface area (Å²) in [5.74, 6) is 2.40. The zero-order chi connectivity index (χ0) is 22.4. The Labute approximate surface area is 186 Å². The number of methoxy groups -OCH3 is 1. The van der Waals surface area contributed by atoms with Crippen molar-refractivity contribution >= 4 is 12.1 Å². The van der Waals surface area contributed by atoms with E-state index in [1.807, 2.05) is 50.9 Å². The summed E-state index contributed by atoms with van der Waals surface area (Å²) in [7, 11) is 3.51. The maximum atomic E-state index is 12.9. The average molecular weight is 431 g/mol. The number of carbonyl (C=O) groups is 1. The maximum absolute atomic E-state index is 12.9. The van der Waals surface area contributed by atoms with E-state index in [0.717, 1.165) is 49.7 Å². The van der Waals surface area contributed by atoms with Gasteiger partial charge in [-0.15, -0.1) is 0 Å². The van der Waals surface area contributed by atoms with Gasteiger partial charge in [0.15, 0.2) is 5.96 Å². The lowest BCUT2D eigenvalue weighted by Crippen LogP contribution is -2.52. The number of ether oxygens (including phenoxy) is 2. The van der Waals surface area contributed by atoms with E-state index in [-0.39, 0.29) is 12.1 Å². The van der Waals surface area contributed by atoms with E-state index in [1.165, 1.54) is 12.8 Å². The van der Waals surface area contributed by atoms with Crippen LogP contribution in [-0.2, 0) is 11.3 Å². The Morgan fingerprint density at radius 3 is 2.45 bits per heavy atom. The first kappa shape index (κ1) is 23.2. The second kappa shape index (κ2) is 10.2. The summed E-state index contributed by atoms with van der Waals surface area (Å²) < 4.78 is 11.2. The van der Waals surface area contributed by atoms with E-state index in [4.69, 9.17) is 9.47 Å². The summed E-state index contributed by atoms with van der Waals surface area (Å²) >= 11 is 0. The van der Waals surface area contributed by atoms with Gasteiger partial charge in [-0.1, -0.05) is 18.2 Å². The lowest BCUT2D eigenvalue weighted by Gasteiger charge is -2.40. The van der Waals surface area contributed by atoms with Crippen LogP contribution in [0.1, 0.15) is 52.0 Å². The highest BCUT2D eigenvalue weighted by atomic mass is 16.6. The smallest absolute Gasteiger partial charge is 0.410 e. The molecule has 7 heteroatoms. The molecule has 1 N–H and O–H groups in total. The van der Waals surface area contributed by atoms with Crippen LogP contribution >= 0.6 is 0 Å². The second-order valence-electron chi connectivity index (χ2n) is 9.51. The maximum Gasteiger partial charge on any atom is 0.410 e. The van der Waals surface area contributed by atoms with Crippen LogP contribution in [0.25, 0.3) is 0 Å². The second-order valence-corrected chi connectivity index (χ2v) is 9.51. The molecule has 1 aromatic carbocycles. The van der Waals surface area contributed by atoms with Gasteiger partial charge in [-0.25, -0.2) is 4.79 Å². The molecule has 1 amide bonds. The molecule has 2 fully saturated rings. The quantitative estimate of drug-likeness (QED) is 0.548. The standard InChI is InChI=1S/C24H38N4O3/c1-24(2,3)31-23(29)28(17-18-10-11-18)20-12-14-27(15-13-20)22(25-4)26-16-19-8-6-7-9-21(19)30-5/h6-9,18,20H,10-17H2,1-5H3,(H,25,26). The third-order valence-corrected chi connectivity index (χ3v) is 5.83. The first-order valence-electron chi connectivity index (χ1n) is 11.4. The average Bonchev–Trinajstić information content (AvgIpc) is 3.56. The van der Waals surface area contributed by atoms with Gasteiger partial charge < -0.3 is 24.6 Å². The molecule has 172 valence electrons. The molecule has 0 radical (unpaired) electrons. The predicted octanol–water partition coefficient (Wildman–Crippen LogP) is 3.88. The molecule has 1 saturated heterocycles. The minimum Gasteiger partial charge on any atom is -0.496 e. The molecule has 31 heavy (non-hydrogen) atoms. The summed E-state index contributed by atoms with van der Waals surface area (Å²) in [6.07, 6.45) is 4.11. The number of piperidine rings is 1. The van der Waals surface area contributed by atoms with Gasteiger partial charge in [-0.2, -0.15) is 0 Å². The van der Waals surface area contributed by atoms with E-state index in [9.17, 15) is 4.79 Å². The fraction of sp³-hybridized carbons (Fsp3) is 0.667. The Morgan fingerprint density at radius 2 is 1.87 bits per heavy atom. The zero-order valence-electron chi connectivity index (χ0n) is 19.7. The fourth-order valence-electron chi connectivity index (χ4n) is 4.02. The molecule has 0 bridgehead atoms. The van der Waals surface area contributed by atoms with Crippen LogP contribution in [0.15, 0.2) is 29.3 Å². The van der Waals surface area contributed by atoms with Gasteiger partial charge in [0.05, 0.1) is 7.11 Å². The van der Waals surface area contributed by atoms with Gasteiger partial charge >= 0.3 is 6.09 Å². The van der Waals surface area contributed by atoms with Crippen molar-refractivity contribution in [3.63, 3.8) is 0 Å². The molecule has 0 aromatic heterocycles. The molecule has 1 saturated carbocycles. The first-order valence-corrected chi connectivity index (χ1v) is 11.4. The zero-order valence-corrected chi connectivity index (χ0v) is 19.7. The summed E-state index contributed by atoms with van der Waals surface area (Å²) in [4.78, 5) is 21.6. The number of nitrogens with one attached hydrogen (secondary N) is 1. The summed E-state index contributed by atoms with van der Waals surface area (Å²) in [6, 6.07) is 8.23. The number of rotatable bonds is 6. The molecule has 2 aliphatic rings. The topological polar surface area (TPSA) is 66.4 Å². The van der Waals surface area contributed by atoms with Crippen molar-refractivity contribution in [2.75, 3.05) is 33.8 Å². The number of hydrogen-bond acceptors (Lipinski definition) is 4. The number of nitrogens with zero attached hydrogens (tertiary/aromatic N) is 3. The number of guanidine groups is 1. The van der Waals surface area contributed by atoms with Crippen molar-refractivity contribution in [1.29, 1.82) is 0 Å². The third kappa shape index (κ3) is 6.77. The highest BCUT2D eigenvalue weighted by molar-refractivity contribution is 5.80. The number of hydrogen-bond donors (Lipinski definition) is 1. The molecular weight excluding hydrogens is 392 g/mol. The Kier molecular flexibility index (Phi) is 7.68. The lowest BCUT2D eigenvalue weighted by molar-refractivity contribution is 0.00928. The SMILES string of the molecule is CN=C(NCc1ccccc1OC)N1CCC(N(CC2CC2)C(=O)OC(C)(C)C)CC1. The minimum atomic E-state index is -0.468. The Hall–Kier alpha value is -2.44. The Bertz CT molecular complexity index is 762. The number of carbonyl (C=O) groups excluding carboxylic acids is 1. The lowest BCUT2D eigenvalue weighted by atomic mass is 10.0. The summed E-state index contributed by atoms with van der Waals surface area (Å²) in [6.45, 7) is 8.99. The van der Waals surface area contributed by atoms with Crippen molar-refractivity contribution in [1.82, 2.24) is 15.1 Å². The molecular formula is C24H38N4O3. The molecule has 1 aromatic rings. The summed E-state index contributed by atoms with van der Waals surface area (Å²) in [5, 5.41) is 3.46. The molecule has 0 unspecified atom stereocenters. The van der Waals surface area contributed by atoms with Gasteiger partial charge in [0.2, 0.25) is 0 Å². The predicted molar refractivity (Wildman–Crippen MR) is 123 cm³/mol. The van der Waals surface area contributed by atoms with Gasteiger partial charge in [0, 0.05) is 44.8 Å². The Morgan fingerprint density at radius 1 is 1.19 bits per heavy atom. The first-order chi connectivity index (χ1) is 14.8. The highest BCUT2D eigenvalue weighted by Crippen LogP contribution is 2.32. The van der Waals surface area contributed by atoms with E-state index in [0.29, 0.717) is 12.5 Å². The van der Waals surface area contributed by atoms with Crippen LogP contribution in [0.5, 0.6) is 5.75 Å². The van der Waals surface area contributed by atoms with Crippen LogP contribution in [0.4, 0.5) is 4.79 Å². The van der Waals surface area contributed by atoms with Gasteiger partial charge in [0.1, 0.15) is 11.4 Å². The van der Waals surface area contributed by atoms with Crippen molar-refractivity contribution in [3.8, 4) is 5.75 Å². The molecule has 0 spiro atoms. The summed E-state index contributed by atoms with van der Waals surface area (Å²) in [5.41, 5.74) is 0.630. The van der Waals surface area contributed by atoms with Crippen molar-refractivity contribution in [2.24, 2.45) is 10.9 Å². The van der Waals surface area contributed by atoms with E-state index in [1.54, 1.807) is 7.11 Å². The van der Waals surface area contributed by atoms with Crippen LogP contribution in [0, 0.1) is 5.92 Å². The Balaban J connectivity index is 1.56. The number of likely N-dealkylation sites (tertiary alicyclic amines) is 1. The number of aliphatic imine (C=N–C) groups is 1. The molecule has 3 rings (SSSR count). The van der Waals surface area contributed by atoms with E-state index < -0.39 is 5.60 Å². The molecule has 1 aliphatic carbocycles. The highest BCUT2D eigenvalue weighted by Gasteiger charge is 2.35. The van der Waals surface area contributed by atoms with Gasteiger partial charge in [0.25, 0.3) is 0 Å². The molecule has 0 atom stereocenters. The monoisotopic (exact) mass is 430 g/mol. The van der Waals surface area contributed by atoms with Crippen LogP contribution in [0.2, 0.25) is 0 Å². The van der Waals surface area contributed by atoms with Gasteiger partial charge in [-0.05, 0) is 58.4 Å². The normalized spacial score (nSPS) is 18.0. The van der Waals surface area contributed by atoms with Crippen molar-refractivity contribution < 1.29 is 14.3 Å². The van der Waals surface area contributed by atoms with Crippen LogP contribution in [-0.4, -0.2) is 67.3 Å². The number of benzene rings is 1. The van der Waals surface area contributed by atoms with Gasteiger partial charge in [-0.3, -0.25) is 4.99 Å². The minimum absolute atomic E-state index is 0.170. The molecule has 1 aliphatic heterocycles.